The number of phenols is 2. The SMILES string of the molecule is Cn1nc(C(=O)O)cc1-c1c(O)c(O)cc(F)c1Br. The largest absolute Gasteiger partial charge is 0.504 e. The van der Waals surface area contributed by atoms with E-state index >= 15 is 0 Å². The van der Waals surface area contributed by atoms with Gasteiger partial charge in [0, 0.05) is 13.1 Å². The number of nitrogens with zero attached hydrogens (tertiary/aromatic N) is 2. The molecule has 100 valence electrons. The highest BCUT2D eigenvalue weighted by Gasteiger charge is 2.22. The predicted octanol–water partition coefficient (Wildman–Crippen LogP) is 2.10. The highest BCUT2D eigenvalue weighted by Crippen LogP contribution is 2.43. The molecule has 2 aromatic rings. The summed E-state index contributed by atoms with van der Waals surface area (Å²) >= 11 is 2.95. The number of hydrogen-bond acceptors (Lipinski definition) is 4. The minimum absolute atomic E-state index is 0.0694. The average molecular weight is 331 g/mol. The first-order valence-corrected chi connectivity index (χ1v) is 5.80. The Morgan fingerprint density at radius 2 is 2.05 bits per heavy atom. The Bertz CT molecular complexity index is 658. The molecule has 0 fully saturated rings. The van der Waals surface area contributed by atoms with Crippen LogP contribution in [0, 0.1) is 5.82 Å². The fourth-order valence-corrected chi connectivity index (χ4v) is 2.15. The summed E-state index contributed by atoms with van der Waals surface area (Å²) in [6.45, 7) is 0. The van der Waals surface area contributed by atoms with Crippen LogP contribution >= 0.6 is 15.9 Å². The zero-order valence-electron chi connectivity index (χ0n) is 9.55. The Morgan fingerprint density at radius 1 is 1.42 bits per heavy atom. The molecule has 1 heterocycles. The van der Waals surface area contributed by atoms with Gasteiger partial charge < -0.3 is 15.3 Å². The third-order valence-corrected chi connectivity index (χ3v) is 3.30. The molecule has 0 unspecified atom stereocenters. The summed E-state index contributed by atoms with van der Waals surface area (Å²) < 4.78 is 14.6. The fraction of sp³-hybridized carbons (Fsp3) is 0.0909. The molecular weight excluding hydrogens is 323 g/mol. The molecule has 3 N–H and O–H groups in total. The fourth-order valence-electron chi connectivity index (χ4n) is 1.64. The van der Waals surface area contributed by atoms with E-state index < -0.39 is 23.3 Å². The molecule has 0 aliphatic carbocycles. The molecule has 1 aromatic carbocycles. The Kier molecular flexibility index (Phi) is 3.19. The van der Waals surface area contributed by atoms with Crippen LogP contribution in [0.3, 0.4) is 0 Å². The summed E-state index contributed by atoms with van der Waals surface area (Å²) in [7, 11) is 1.44. The first-order chi connectivity index (χ1) is 8.82. The molecule has 0 aliphatic heterocycles. The van der Waals surface area contributed by atoms with Crippen LogP contribution in [0.4, 0.5) is 4.39 Å². The maximum absolute atomic E-state index is 13.5. The standard InChI is InChI=1S/C11H8BrFN2O4/c1-15-6(3-5(14-15)11(18)19)8-9(12)4(13)2-7(16)10(8)17/h2-3,16-17H,1H3,(H,18,19). The topological polar surface area (TPSA) is 95.6 Å². The smallest absolute Gasteiger partial charge is 0.356 e. The zero-order chi connectivity index (χ0) is 14.3. The molecule has 0 radical (unpaired) electrons. The van der Waals surface area contributed by atoms with Crippen molar-refractivity contribution in [2.75, 3.05) is 0 Å². The first kappa shape index (κ1) is 13.3. The number of rotatable bonds is 2. The van der Waals surface area contributed by atoms with Crippen LogP contribution in [0.2, 0.25) is 0 Å². The Morgan fingerprint density at radius 3 is 2.58 bits per heavy atom. The number of halogens is 2. The summed E-state index contributed by atoms with van der Waals surface area (Å²) in [5.41, 5.74) is -0.177. The van der Waals surface area contributed by atoms with Gasteiger partial charge in [0.25, 0.3) is 0 Å². The molecule has 0 bridgehead atoms. The summed E-state index contributed by atoms with van der Waals surface area (Å²) in [6, 6.07) is 1.92. The van der Waals surface area contributed by atoms with E-state index in [1.807, 2.05) is 0 Å². The number of aromatic hydroxyl groups is 2. The maximum atomic E-state index is 13.5. The summed E-state index contributed by atoms with van der Waals surface area (Å²) in [6.07, 6.45) is 0. The van der Waals surface area contributed by atoms with Crippen molar-refractivity contribution in [2.45, 2.75) is 0 Å². The molecule has 0 saturated carbocycles. The quantitative estimate of drug-likeness (QED) is 0.733. The number of carbonyl (C=O) groups is 1. The number of aryl methyl sites for hydroxylation is 1. The molecule has 19 heavy (non-hydrogen) atoms. The second-order valence-electron chi connectivity index (χ2n) is 3.76. The highest BCUT2D eigenvalue weighted by atomic mass is 79.9. The Balaban J connectivity index is 2.75. The van der Waals surface area contributed by atoms with E-state index in [9.17, 15) is 19.4 Å². The van der Waals surface area contributed by atoms with Gasteiger partial charge in [-0.2, -0.15) is 5.10 Å². The van der Waals surface area contributed by atoms with Gasteiger partial charge in [0.15, 0.2) is 17.2 Å². The molecule has 0 spiro atoms. The molecule has 6 nitrogen and oxygen atoms in total. The lowest BCUT2D eigenvalue weighted by Crippen LogP contribution is -1.99. The van der Waals surface area contributed by atoms with Crippen LogP contribution < -0.4 is 0 Å². The molecule has 2 rings (SSSR count). The summed E-state index contributed by atoms with van der Waals surface area (Å²) in [4.78, 5) is 10.8. The van der Waals surface area contributed by atoms with Gasteiger partial charge in [-0.1, -0.05) is 0 Å². The second kappa shape index (κ2) is 4.54. The lowest BCUT2D eigenvalue weighted by Gasteiger charge is -2.09. The second-order valence-corrected chi connectivity index (χ2v) is 4.55. The van der Waals surface area contributed by atoms with Crippen molar-refractivity contribution in [1.29, 1.82) is 0 Å². The Hall–Kier alpha value is -2.09. The average Bonchev–Trinajstić information content (AvgIpc) is 2.70. The number of aromatic carboxylic acids is 1. The lowest BCUT2D eigenvalue weighted by molar-refractivity contribution is 0.0689. The summed E-state index contributed by atoms with van der Waals surface area (Å²) in [5, 5.41) is 31.8. The van der Waals surface area contributed by atoms with Crippen LogP contribution in [0.25, 0.3) is 11.3 Å². The van der Waals surface area contributed by atoms with Gasteiger partial charge in [-0.25, -0.2) is 9.18 Å². The van der Waals surface area contributed by atoms with E-state index in [1.165, 1.54) is 17.8 Å². The third kappa shape index (κ3) is 2.14. The first-order valence-electron chi connectivity index (χ1n) is 5.00. The molecule has 0 aliphatic rings. The van der Waals surface area contributed by atoms with Crippen molar-refractivity contribution in [3.8, 4) is 22.8 Å². The van der Waals surface area contributed by atoms with E-state index in [-0.39, 0.29) is 21.4 Å². The lowest BCUT2D eigenvalue weighted by atomic mass is 10.1. The number of phenolic OH excluding ortho intramolecular Hbond substituents is 2. The highest BCUT2D eigenvalue weighted by molar-refractivity contribution is 9.10. The minimum Gasteiger partial charge on any atom is -0.504 e. The molecule has 0 saturated heterocycles. The van der Waals surface area contributed by atoms with Crippen LogP contribution in [0.15, 0.2) is 16.6 Å². The normalized spacial score (nSPS) is 10.7. The van der Waals surface area contributed by atoms with Gasteiger partial charge in [-0.05, 0) is 22.0 Å². The van der Waals surface area contributed by atoms with Crippen LogP contribution in [-0.2, 0) is 7.05 Å². The van der Waals surface area contributed by atoms with Crippen LogP contribution in [0.1, 0.15) is 10.5 Å². The molecule has 0 atom stereocenters. The number of aromatic nitrogens is 2. The van der Waals surface area contributed by atoms with Crippen molar-refractivity contribution in [3.05, 3.63) is 28.1 Å². The third-order valence-electron chi connectivity index (χ3n) is 2.53. The van der Waals surface area contributed by atoms with Gasteiger partial charge in [-0.3, -0.25) is 4.68 Å². The minimum atomic E-state index is -1.25. The van der Waals surface area contributed by atoms with E-state index in [4.69, 9.17) is 5.11 Å². The van der Waals surface area contributed by atoms with Gasteiger partial charge in [-0.15, -0.1) is 0 Å². The van der Waals surface area contributed by atoms with Crippen molar-refractivity contribution in [1.82, 2.24) is 9.78 Å². The number of benzene rings is 1. The molecular formula is C11H8BrFN2O4. The maximum Gasteiger partial charge on any atom is 0.356 e. The van der Waals surface area contributed by atoms with Crippen molar-refractivity contribution >= 4 is 21.9 Å². The summed E-state index contributed by atoms with van der Waals surface area (Å²) in [5.74, 6) is -3.25. The van der Waals surface area contributed by atoms with Gasteiger partial charge >= 0.3 is 5.97 Å². The van der Waals surface area contributed by atoms with Crippen LogP contribution in [0.5, 0.6) is 11.5 Å². The van der Waals surface area contributed by atoms with E-state index in [0.29, 0.717) is 0 Å². The molecule has 1 aromatic heterocycles. The predicted molar refractivity (Wildman–Crippen MR) is 66.6 cm³/mol. The number of carboxylic acid groups (broad SMARTS) is 1. The van der Waals surface area contributed by atoms with E-state index in [0.717, 1.165) is 6.07 Å². The van der Waals surface area contributed by atoms with Crippen molar-refractivity contribution in [2.24, 2.45) is 7.05 Å². The van der Waals surface area contributed by atoms with Crippen molar-refractivity contribution in [3.63, 3.8) is 0 Å². The molecule has 0 amide bonds. The Labute approximate surface area is 114 Å². The van der Waals surface area contributed by atoms with Gasteiger partial charge in [0.1, 0.15) is 5.82 Å². The number of hydrogen-bond donors (Lipinski definition) is 3. The monoisotopic (exact) mass is 330 g/mol. The van der Waals surface area contributed by atoms with E-state index in [2.05, 4.69) is 21.0 Å². The van der Waals surface area contributed by atoms with Crippen molar-refractivity contribution < 1.29 is 24.5 Å². The number of carboxylic acids is 1. The van der Waals surface area contributed by atoms with Gasteiger partial charge in [0.05, 0.1) is 15.7 Å². The van der Waals surface area contributed by atoms with E-state index in [1.54, 1.807) is 0 Å². The zero-order valence-corrected chi connectivity index (χ0v) is 11.1. The molecule has 8 heteroatoms. The van der Waals surface area contributed by atoms with Crippen LogP contribution in [-0.4, -0.2) is 31.1 Å². The van der Waals surface area contributed by atoms with Gasteiger partial charge in [0.2, 0.25) is 0 Å².